The molecule has 0 saturated heterocycles. The predicted octanol–water partition coefficient (Wildman–Crippen LogP) is 4.62. The Labute approximate surface area is 127 Å². The van der Waals surface area contributed by atoms with Crippen molar-refractivity contribution >= 4 is 5.69 Å². The number of aryl methyl sites for hydroxylation is 1. The van der Waals surface area contributed by atoms with E-state index in [0.29, 0.717) is 12.0 Å². The number of benzene rings is 2. The number of hydrogen-bond donors (Lipinski definition) is 1. The maximum absolute atomic E-state index is 5.22. The molecule has 110 valence electrons. The van der Waals surface area contributed by atoms with Gasteiger partial charge in [0.15, 0.2) is 0 Å². The standard InChI is InChI=1S/C19H23NO/c1-14-13-16(18-5-3-4-6-19(18)20-14)10-7-15-8-11-17(21-2)12-9-15/h3-6,8-9,11-12,14,16,20H,7,10,13H2,1-2H3. The zero-order chi connectivity index (χ0) is 14.7. The van der Waals surface area contributed by atoms with Crippen LogP contribution in [0.15, 0.2) is 48.5 Å². The lowest BCUT2D eigenvalue weighted by molar-refractivity contribution is 0.414. The molecular weight excluding hydrogens is 258 g/mol. The molecule has 21 heavy (non-hydrogen) atoms. The normalized spacial score (nSPS) is 20.5. The summed E-state index contributed by atoms with van der Waals surface area (Å²) in [7, 11) is 1.71. The van der Waals surface area contributed by atoms with Crippen molar-refractivity contribution in [3.63, 3.8) is 0 Å². The van der Waals surface area contributed by atoms with E-state index in [-0.39, 0.29) is 0 Å². The van der Waals surface area contributed by atoms with Crippen molar-refractivity contribution < 1.29 is 4.74 Å². The SMILES string of the molecule is COc1ccc(CCC2CC(C)Nc3ccccc32)cc1. The number of fused-ring (bicyclic) bond motifs is 1. The van der Waals surface area contributed by atoms with Gasteiger partial charge in [-0.1, -0.05) is 30.3 Å². The fraction of sp³-hybridized carbons (Fsp3) is 0.368. The quantitative estimate of drug-likeness (QED) is 0.883. The van der Waals surface area contributed by atoms with Gasteiger partial charge in [0, 0.05) is 11.7 Å². The van der Waals surface area contributed by atoms with Crippen LogP contribution in [-0.4, -0.2) is 13.2 Å². The summed E-state index contributed by atoms with van der Waals surface area (Å²) in [6.07, 6.45) is 3.54. The fourth-order valence-electron chi connectivity index (χ4n) is 3.27. The van der Waals surface area contributed by atoms with E-state index in [9.17, 15) is 0 Å². The van der Waals surface area contributed by atoms with Crippen LogP contribution in [0.4, 0.5) is 5.69 Å². The molecule has 3 rings (SSSR count). The lowest BCUT2D eigenvalue weighted by atomic mass is 9.83. The molecule has 2 unspecified atom stereocenters. The van der Waals surface area contributed by atoms with Crippen molar-refractivity contribution in [3.8, 4) is 5.75 Å². The maximum Gasteiger partial charge on any atom is 0.118 e. The highest BCUT2D eigenvalue weighted by Crippen LogP contribution is 2.36. The molecular formula is C19H23NO. The molecule has 2 aromatic rings. The molecule has 1 heterocycles. The molecule has 1 N–H and O–H groups in total. The molecule has 0 aromatic heterocycles. The van der Waals surface area contributed by atoms with Gasteiger partial charge in [-0.2, -0.15) is 0 Å². The summed E-state index contributed by atoms with van der Waals surface area (Å²) in [5.74, 6) is 1.58. The van der Waals surface area contributed by atoms with Gasteiger partial charge in [0.1, 0.15) is 5.75 Å². The highest BCUT2D eigenvalue weighted by atomic mass is 16.5. The summed E-state index contributed by atoms with van der Waals surface area (Å²) in [5.41, 5.74) is 4.18. The Morgan fingerprint density at radius 3 is 2.62 bits per heavy atom. The highest BCUT2D eigenvalue weighted by Gasteiger charge is 2.23. The van der Waals surface area contributed by atoms with Crippen molar-refractivity contribution in [2.75, 3.05) is 12.4 Å². The van der Waals surface area contributed by atoms with Crippen molar-refractivity contribution in [3.05, 3.63) is 59.7 Å². The van der Waals surface area contributed by atoms with E-state index in [0.717, 1.165) is 12.2 Å². The fourth-order valence-corrected chi connectivity index (χ4v) is 3.27. The Hall–Kier alpha value is -1.96. The summed E-state index contributed by atoms with van der Waals surface area (Å²) >= 11 is 0. The third kappa shape index (κ3) is 3.21. The minimum Gasteiger partial charge on any atom is -0.497 e. The van der Waals surface area contributed by atoms with Crippen molar-refractivity contribution in [1.29, 1.82) is 0 Å². The third-order valence-corrected chi connectivity index (χ3v) is 4.38. The first-order valence-electron chi connectivity index (χ1n) is 7.74. The minimum atomic E-state index is 0.556. The molecule has 2 atom stereocenters. The van der Waals surface area contributed by atoms with E-state index in [1.807, 2.05) is 12.1 Å². The van der Waals surface area contributed by atoms with Crippen LogP contribution in [0.3, 0.4) is 0 Å². The largest absolute Gasteiger partial charge is 0.497 e. The van der Waals surface area contributed by atoms with Crippen molar-refractivity contribution in [2.24, 2.45) is 0 Å². The Kier molecular flexibility index (Phi) is 4.14. The number of para-hydroxylation sites is 1. The number of anilines is 1. The summed E-state index contributed by atoms with van der Waals surface area (Å²) in [6, 6.07) is 17.7. The van der Waals surface area contributed by atoms with E-state index in [1.165, 1.54) is 29.7 Å². The second kappa shape index (κ2) is 6.21. The molecule has 0 spiro atoms. The van der Waals surface area contributed by atoms with Crippen LogP contribution < -0.4 is 10.1 Å². The average molecular weight is 281 g/mol. The van der Waals surface area contributed by atoms with Crippen LogP contribution in [0.5, 0.6) is 5.75 Å². The van der Waals surface area contributed by atoms with Gasteiger partial charge >= 0.3 is 0 Å². The highest BCUT2D eigenvalue weighted by molar-refractivity contribution is 5.55. The predicted molar refractivity (Wildman–Crippen MR) is 88.2 cm³/mol. The van der Waals surface area contributed by atoms with E-state index < -0.39 is 0 Å². The van der Waals surface area contributed by atoms with Crippen molar-refractivity contribution in [2.45, 2.75) is 38.1 Å². The number of methoxy groups -OCH3 is 1. The molecule has 2 nitrogen and oxygen atoms in total. The van der Waals surface area contributed by atoms with E-state index in [4.69, 9.17) is 4.74 Å². The molecule has 0 fully saturated rings. The zero-order valence-corrected chi connectivity index (χ0v) is 12.8. The number of ether oxygens (including phenoxy) is 1. The van der Waals surface area contributed by atoms with E-state index >= 15 is 0 Å². The first-order valence-corrected chi connectivity index (χ1v) is 7.74. The molecule has 1 aliphatic rings. The summed E-state index contributed by atoms with van der Waals surface area (Å²) in [6.45, 7) is 2.27. The van der Waals surface area contributed by atoms with Crippen LogP contribution in [0.25, 0.3) is 0 Å². The van der Waals surface area contributed by atoms with Gasteiger partial charge in [0.2, 0.25) is 0 Å². The lowest BCUT2D eigenvalue weighted by Crippen LogP contribution is -2.25. The van der Waals surface area contributed by atoms with Gasteiger partial charge in [-0.3, -0.25) is 0 Å². The van der Waals surface area contributed by atoms with Crippen LogP contribution in [-0.2, 0) is 6.42 Å². The first-order chi connectivity index (χ1) is 10.3. The average Bonchev–Trinajstić information content (AvgIpc) is 2.53. The maximum atomic E-state index is 5.22. The van der Waals surface area contributed by atoms with Crippen LogP contribution in [0.1, 0.15) is 36.8 Å². The zero-order valence-electron chi connectivity index (χ0n) is 12.8. The van der Waals surface area contributed by atoms with Crippen LogP contribution >= 0.6 is 0 Å². The Balaban J connectivity index is 1.70. The number of rotatable bonds is 4. The van der Waals surface area contributed by atoms with E-state index in [2.05, 4.69) is 48.6 Å². The van der Waals surface area contributed by atoms with Gasteiger partial charge in [-0.25, -0.2) is 0 Å². The molecule has 1 aliphatic heterocycles. The second-order valence-electron chi connectivity index (χ2n) is 5.95. The molecule has 2 aromatic carbocycles. The van der Waals surface area contributed by atoms with Gasteiger partial charge < -0.3 is 10.1 Å². The van der Waals surface area contributed by atoms with Crippen molar-refractivity contribution in [1.82, 2.24) is 0 Å². The first kappa shape index (κ1) is 14.0. The summed E-state index contributed by atoms with van der Waals surface area (Å²) in [5, 5.41) is 3.59. The molecule has 2 heteroatoms. The summed E-state index contributed by atoms with van der Waals surface area (Å²) < 4.78 is 5.22. The second-order valence-corrected chi connectivity index (χ2v) is 5.95. The van der Waals surface area contributed by atoms with Gasteiger partial charge in [-0.15, -0.1) is 0 Å². The number of nitrogens with one attached hydrogen (secondary N) is 1. The van der Waals surface area contributed by atoms with Gasteiger partial charge in [0.25, 0.3) is 0 Å². The number of hydrogen-bond acceptors (Lipinski definition) is 2. The molecule has 0 radical (unpaired) electrons. The minimum absolute atomic E-state index is 0.556. The Morgan fingerprint density at radius 2 is 1.86 bits per heavy atom. The lowest BCUT2D eigenvalue weighted by Gasteiger charge is -2.31. The summed E-state index contributed by atoms with van der Waals surface area (Å²) in [4.78, 5) is 0. The third-order valence-electron chi connectivity index (χ3n) is 4.38. The smallest absolute Gasteiger partial charge is 0.118 e. The monoisotopic (exact) mass is 281 g/mol. The molecule has 0 saturated carbocycles. The van der Waals surface area contributed by atoms with Crippen LogP contribution in [0.2, 0.25) is 0 Å². The topological polar surface area (TPSA) is 21.3 Å². The van der Waals surface area contributed by atoms with E-state index in [1.54, 1.807) is 7.11 Å². The molecule has 0 amide bonds. The Morgan fingerprint density at radius 1 is 1.10 bits per heavy atom. The van der Waals surface area contributed by atoms with Gasteiger partial charge in [-0.05, 0) is 61.4 Å². The van der Waals surface area contributed by atoms with Gasteiger partial charge in [0.05, 0.1) is 7.11 Å². The molecule has 0 bridgehead atoms. The Bertz CT molecular complexity index is 591. The molecule has 0 aliphatic carbocycles. The van der Waals surface area contributed by atoms with Crippen LogP contribution in [0, 0.1) is 0 Å².